The lowest BCUT2D eigenvalue weighted by Crippen LogP contribution is -2.08. The molecule has 88 valence electrons. The fourth-order valence-corrected chi connectivity index (χ4v) is 1.41. The summed E-state index contributed by atoms with van der Waals surface area (Å²) >= 11 is 0. The maximum atomic E-state index is 12.6. The molecule has 0 aliphatic rings. The minimum atomic E-state index is -4.36. The number of hydrogen-bond donors (Lipinski definition) is 1. The largest absolute Gasteiger partial charge is 0.417 e. The Labute approximate surface area is 95.8 Å². The molecule has 0 saturated heterocycles. The molecule has 2 rings (SSSR count). The summed E-state index contributed by atoms with van der Waals surface area (Å²) in [6.45, 7) is 0. The van der Waals surface area contributed by atoms with Crippen LogP contribution in [-0.4, -0.2) is 11.2 Å². The van der Waals surface area contributed by atoms with Crippen LogP contribution in [0.4, 0.5) is 18.9 Å². The van der Waals surface area contributed by atoms with Crippen molar-refractivity contribution in [3.63, 3.8) is 0 Å². The molecular weight excluding hydrogens is 229 g/mol. The number of aromatic nitrogens is 1. The van der Waals surface area contributed by atoms with Crippen LogP contribution in [-0.2, 0) is 6.18 Å². The molecule has 1 N–H and O–H groups in total. The average Bonchev–Trinajstić information content (AvgIpc) is 2.78. The van der Waals surface area contributed by atoms with Crippen molar-refractivity contribution in [2.75, 3.05) is 0 Å². The van der Waals surface area contributed by atoms with Crippen molar-refractivity contribution < 1.29 is 13.2 Å². The quantitative estimate of drug-likeness (QED) is 0.771. The Hall–Kier alpha value is -2.04. The predicted molar refractivity (Wildman–Crippen MR) is 59.5 cm³/mol. The minimum absolute atomic E-state index is 0.0567. The Morgan fingerprint density at radius 3 is 2.53 bits per heavy atom. The lowest BCUT2D eigenvalue weighted by molar-refractivity contribution is -0.137. The Kier molecular flexibility index (Phi) is 2.99. The van der Waals surface area contributed by atoms with Crippen LogP contribution in [0.25, 0.3) is 0 Å². The average molecular weight is 238 g/mol. The highest BCUT2D eigenvalue weighted by Gasteiger charge is 2.32. The van der Waals surface area contributed by atoms with E-state index >= 15 is 0 Å². The fourth-order valence-electron chi connectivity index (χ4n) is 1.41. The van der Waals surface area contributed by atoms with Gasteiger partial charge in [0, 0.05) is 24.2 Å². The number of nitrogens with zero attached hydrogens (tertiary/aromatic N) is 1. The van der Waals surface area contributed by atoms with E-state index in [2.05, 4.69) is 9.98 Å². The van der Waals surface area contributed by atoms with Gasteiger partial charge >= 0.3 is 6.18 Å². The third-order valence-corrected chi connectivity index (χ3v) is 2.20. The molecule has 0 amide bonds. The van der Waals surface area contributed by atoms with Crippen molar-refractivity contribution >= 4 is 11.9 Å². The molecule has 0 bridgehead atoms. The molecule has 0 unspecified atom stereocenters. The molecule has 1 aromatic carbocycles. The highest BCUT2D eigenvalue weighted by atomic mass is 19.4. The summed E-state index contributed by atoms with van der Waals surface area (Å²) in [5.74, 6) is 0. The van der Waals surface area contributed by atoms with Crippen LogP contribution in [0.1, 0.15) is 11.1 Å². The summed E-state index contributed by atoms with van der Waals surface area (Å²) in [7, 11) is 0. The zero-order valence-corrected chi connectivity index (χ0v) is 8.70. The third kappa shape index (κ3) is 2.75. The van der Waals surface area contributed by atoms with Crippen LogP contribution in [0.3, 0.4) is 0 Å². The van der Waals surface area contributed by atoms with Gasteiger partial charge in [-0.25, -0.2) is 0 Å². The van der Waals surface area contributed by atoms with Gasteiger partial charge in [-0.3, -0.25) is 4.99 Å². The first-order valence-corrected chi connectivity index (χ1v) is 4.90. The first-order chi connectivity index (χ1) is 8.07. The second kappa shape index (κ2) is 4.45. The summed E-state index contributed by atoms with van der Waals surface area (Å²) in [6.07, 6.45) is 0.113. The smallest absolute Gasteiger partial charge is 0.366 e. The molecule has 0 aliphatic heterocycles. The highest BCUT2D eigenvalue weighted by molar-refractivity contribution is 5.84. The molecule has 0 spiro atoms. The minimum Gasteiger partial charge on any atom is -0.366 e. The molecule has 17 heavy (non-hydrogen) atoms. The molecule has 5 heteroatoms. The number of aromatic amines is 1. The number of H-pyrrole nitrogens is 1. The fraction of sp³-hybridized carbons (Fsp3) is 0.0833. The van der Waals surface area contributed by atoms with E-state index in [0.717, 1.165) is 6.07 Å². The number of rotatable bonds is 2. The van der Waals surface area contributed by atoms with Crippen LogP contribution in [0.15, 0.2) is 47.7 Å². The molecule has 0 atom stereocenters. The number of alkyl halides is 3. The summed E-state index contributed by atoms with van der Waals surface area (Å²) in [5, 5.41) is 0. The molecule has 1 aromatic heterocycles. The summed E-state index contributed by atoms with van der Waals surface area (Å²) in [5.41, 5.74) is -0.0394. The van der Waals surface area contributed by atoms with Gasteiger partial charge in [-0.1, -0.05) is 18.2 Å². The number of nitrogens with one attached hydrogen (secondary N) is 1. The van der Waals surface area contributed by atoms with Gasteiger partial charge in [0.15, 0.2) is 0 Å². The molecule has 0 aliphatic carbocycles. The van der Waals surface area contributed by atoms with Gasteiger partial charge in [-0.05, 0) is 12.1 Å². The zero-order chi connectivity index (χ0) is 12.3. The molecule has 2 nitrogen and oxygen atoms in total. The summed E-state index contributed by atoms with van der Waals surface area (Å²) < 4.78 is 37.9. The van der Waals surface area contributed by atoms with Crippen LogP contribution in [0, 0.1) is 0 Å². The van der Waals surface area contributed by atoms with Gasteiger partial charge in [-0.2, -0.15) is 13.2 Å². The van der Waals surface area contributed by atoms with E-state index in [4.69, 9.17) is 0 Å². The van der Waals surface area contributed by atoms with Crippen molar-refractivity contribution in [1.82, 2.24) is 4.98 Å². The Bertz CT molecular complexity index is 513. The number of benzene rings is 1. The Morgan fingerprint density at radius 2 is 1.88 bits per heavy atom. The first kappa shape index (κ1) is 11.4. The number of halogens is 3. The van der Waals surface area contributed by atoms with E-state index in [1.807, 2.05) is 0 Å². The number of aliphatic imine (C=N–C) groups is 1. The highest BCUT2D eigenvalue weighted by Crippen LogP contribution is 2.31. The normalized spacial score (nSPS) is 12.2. The lowest BCUT2D eigenvalue weighted by Gasteiger charge is -2.08. The topological polar surface area (TPSA) is 28.1 Å². The van der Waals surface area contributed by atoms with E-state index < -0.39 is 11.7 Å². The van der Waals surface area contributed by atoms with Crippen LogP contribution in [0.5, 0.6) is 0 Å². The lowest BCUT2D eigenvalue weighted by atomic mass is 10.1. The Morgan fingerprint density at radius 1 is 1.12 bits per heavy atom. The van der Waals surface area contributed by atoms with Crippen LogP contribution in [0.2, 0.25) is 0 Å². The van der Waals surface area contributed by atoms with Gasteiger partial charge in [0.1, 0.15) is 0 Å². The van der Waals surface area contributed by atoms with Gasteiger partial charge in [0.2, 0.25) is 0 Å². The monoisotopic (exact) mass is 238 g/mol. The standard InChI is InChI=1S/C12H9F3N2/c13-12(14,15)11-4-2-1-3-9(11)7-17-10-5-6-16-8-10/h1-8,16H. The summed E-state index contributed by atoms with van der Waals surface area (Å²) in [6, 6.07) is 7.01. The zero-order valence-electron chi connectivity index (χ0n) is 8.70. The van der Waals surface area contributed by atoms with Crippen molar-refractivity contribution in [2.45, 2.75) is 6.18 Å². The van der Waals surface area contributed by atoms with E-state index in [9.17, 15) is 13.2 Å². The SMILES string of the molecule is FC(F)(F)c1ccccc1C=Nc1cc[nH]c1. The van der Waals surface area contributed by atoms with Gasteiger partial charge < -0.3 is 4.98 Å². The second-order valence-electron chi connectivity index (χ2n) is 3.41. The summed E-state index contributed by atoms with van der Waals surface area (Å²) in [4.78, 5) is 6.73. The molecule has 0 radical (unpaired) electrons. The van der Waals surface area contributed by atoms with E-state index in [0.29, 0.717) is 5.69 Å². The molecule has 1 heterocycles. The van der Waals surface area contributed by atoms with Crippen LogP contribution >= 0.6 is 0 Å². The van der Waals surface area contributed by atoms with Crippen molar-refractivity contribution in [1.29, 1.82) is 0 Å². The van der Waals surface area contributed by atoms with Gasteiger partial charge in [0.25, 0.3) is 0 Å². The van der Waals surface area contributed by atoms with E-state index in [1.54, 1.807) is 24.5 Å². The molecule has 0 fully saturated rings. The van der Waals surface area contributed by atoms with Crippen molar-refractivity contribution in [2.24, 2.45) is 4.99 Å². The van der Waals surface area contributed by atoms with Gasteiger partial charge in [0.05, 0.1) is 11.3 Å². The van der Waals surface area contributed by atoms with E-state index in [-0.39, 0.29) is 5.56 Å². The van der Waals surface area contributed by atoms with Crippen LogP contribution < -0.4 is 0 Å². The number of hydrogen-bond acceptors (Lipinski definition) is 1. The van der Waals surface area contributed by atoms with Gasteiger partial charge in [-0.15, -0.1) is 0 Å². The third-order valence-electron chi connectivity index (χ3n) is 2.20. The molecule has 0 saturated carbocycles. The van der Waals surface area contributed by atoms with Crippen molar-refractivity contribution in [3.8, 4) is 0 Å². The second-order valence-corrected chi connectivity index (χ2v) is 3.41. The Balaban J connectivity index is 2.33. The maximum absolute atomic E-state index is 12.6. The maximum Gasteiger partial charge on any atom is 0.417 e. The van der Waals surface area contributed by atoms with Crippen molar-refractivity contribution in [3.05, 3.63) is 53.9 Å². The molecule has 2 aromatic rings. The first-order valence-electron chi connectivity index (χ1n) is 4.90. The predicted octanol–water partition coefficient (Wildman–Crippen LogP) is 3.78. The molecular formula is C12H9F3N2. The van der Waals surface area contributed by atoms with E-state index in [1.165, 1.54) is 18.3 Å².